The molecule has 0 heterocycles. The Kier molecular flexibility index (Phi) is 4.50. The minimum atomic E-state index is -1.10. The molecule has 1 rings (SSSR count). The highest BCUT2D eigenvalue weighted by Gasteiger charge is 2.19. The van der Waals surface area contributed by atoms with Gasteiger partial charge in [0.05, 0.1) is 6.10 Å². The van der Waals surface area contributed by atoms with Crippen LogP contribution in [0.25, 0.3) is 0 Å². The summed E-state index contributed by atoms with van der Waals surface area (Å²) >= 11 is 6.21. The van der Waals surface area contributed by atoms with Crippen LogP contribution in [0.2, 0.25) is 0 Å². The standard InChI is InChI=1S/C9H9Br2FO2/c10-4-8(13)9(14)6-3-5(12)1-2-7(6)11/h1-3,8-9,13-14H,4H2. The van der Waals surface area contributed by atoms with Crippen molar-refractivity contribution in [3.8, 4) is 0 Å². The Morgan fingerprint density at radius 3 is 2.57 bits per heavy atom. The molecule has 0 saturated heterocycles. The van der Waals surface area contributed by atoms with Crippen LogP contribution in [-0.4, -0.2) is 21.6 Å². The molecule has 2 atom stereocenters. The molecule has 0 aromatic heterocycles. The van der Waals surface area contributed by atoms with Crippen LogP contribution in [0.3, 0.4) is 0 Å². The molecular formula is C9H9Br2FO2. The van der Waals surface area contributed by atoms with E-state index in [0.717, 1.165) is 0 Å². The fourth-order valence-electron chi connectivity index (χ4n) is 1.03. The molecule has 0 bridgehead atoms. The third-order valence-corrected chi connectivity index (χ3v) is 3.18. The molecule has 2 unspecified atom stereocenters. The fourth-order valence-corrected chi connectivity index (χ4v) is 1.87. The first kappa shape index (κ1) is 12.1. The van der Waals surface area contributed by atoms with Crippen molar-refractivity contribution < 1.29 is 14.6 Å². The Hall–Kier alpha value is 0.0300. The van der Waals surface area contributed by atoms with E-state index in [1.165, 1.54) is 18.2 Å². The summed E-state index contributed by atoms with van der Waals surface area (Å²) in [7, 11) is 0. The SMILES string of the molecule is OC(CBr)C(O)c1cc(F)ccc1Br. The molecule has 78 valence electrons. The maximum atomic E-state index is 12.8. The quantitative estimate of drug-likeness (QED) is 0.837. The number of rotatable bonds is 3. The van der Waals surface area contributed by atoms with Gasteiger partial charge in [-0.15, -0.1) is 0 Å². The minimum Gasteiger partial charge on any atom is -0.389 e. The monoisotopic (exact) mass is 326 g/mol. The summed E-state index contributed by atoms with van der Waals surface area (Å²) in [5.41, 5.74) is 0.344. The van der Waals surface area contributed by atoms with E-state index in [1.54, 1.807) is 0 Å². The molecule has 0 fully saturated rings. The number of hydrogen-bond donors (Lipinski definition) is 2. The topological polar surface area (TPSA) is 40.5 Å². The molecule has 2 nitrogen and oxygen atoms in total. The molecular weight excluding hydrogens is 319 g/mol. The van der Waals surface area contributed by atoms with Gasteiger partial charge in [0.25, 0.3) is 0 Å². The van der Waals surface area contributed by atoms with Crippen molar-refractivity contribution in [2.75, 3.05) is 5.33 Å². The summed E-state index contributed by atoms with van der Waals surface area (Å²) in [5, 5.41) is 19.2. The number of hydrogen-bond acceptors (Lipinski definition) is 2. The molecule has 1 aromatic rings. The van der Waals surface area contributed by atoms with Gasteiger partial charge in [-0.05, 0) is 18.2 Å². The Labute approximate surface area is 98.0 Å². The molecule has 0 aliphatic heterocycles. The van der Waals surface area contributed by atoms with Crippen molar-refractivity contribution >= 4 is 31.9 Å². The third kappa shape index (κ3) is 2.76. The number of aliphatic hydroxyl groups is 2. The summed E-state index contributed by atoms with van der Waals surface area (Å²) < 4.78 is 13.4. The van der Waals surface area contributed by atoms with E-state index in [4.69, 9.17) is 0 Å². The number of benzene rings is 1. The average Bonchev–Trinajstić information content (AvgIpc) is 2.19. The number of aliphatic hydroxyl groups excluding tert-OH is 2. The van der Waals surface area contributed by atoms with Gasteiger partial charge in [0.2, 0.25) is 0 Å². The molecule has 0 aliphatic carbocycles. The largest absolute Gasteiger partial charge is 0.389 e. The van der Waals surface area contributed by atoms with Gasteiger partial charge in [-0.2, -0.15) is 0 Å². The van der Waals surface area contributed by atoms with E-state index in [9.17, 15) is 14.6 Å². The number of halogens is 3. The Morgan fingerprint density at radius 1 is 1.36 bits per heavy atom. The maximum absolute atomic E-state index is 12.8. The van der Waals surface area contributed by atoms with E-state index in [1.807, 2.05) is 0 Å². The van der Waals surface area contributed by atoms with Crippen molar-refractivity contribution in [2.45, 2.75) is 12.2 Å². The van der Waals surface area contributed by atoms with Gasteiger partial charge in [0.1, 0.15) is 11.9 Å². The summed E-state index contributed by atoms with van der Waals surface area (Å²) in [6.07, 6.45) is -2.05. The molecule has 0 aliphatic rings. The number of alkyl halides is 1. The summed E-state index contributed by atoms with van der Waals surface area (Å²) in [5.74, 6) is -0.441. The summed E-state index contributed by atoms with van der Waals surface area (Å²) in [6.45, 7) is 0. The van der Waals surface area contributed by atoms with Crippen LogP contribution < -0.4 is 0 Å². The van der Waals surface area contributed by atoms with Gasteiger partial charge >= 0.3 is 0 Å². The highest BCUT2D eigenvalue weighted by atomic mass is 79.9. The third-order valence-electron chi connectivity index (χ3n) is 1.80. The Morgan fingerprint density at radius 2 is 2.00 bits per heavy atom. The van der Waals surface area contributed by atoms with Gasteiger partial charge in [-0.25, -0.2) is 4.39 Å². The Balaban J connectivity index is 2.99. The Bertz CT molecular complexity index is 320. The second-order valence-electron chi connectivity index (χ2n) is 2.83. The van der Waals surface area contributed by atoms with Crippen molar-refractivity contribution in [2.24, 2.45) is 0 Å². The lowest BCUT2D eigenvalue weighted by atomic mass is 10.1. The van der Waals surface area contributed by atoms with Crippen LogP contribution in [0.4, 0.5) is 4.39 Å². The zero-order valence-corrected chi connectivity index (χ0v) is 10.3. The van der Waals surface area contributed by atoms with Crippen molar-refractivity contribution in [3.63, 3.8) is 0 Å². The van der Waals surface area contributed by atoms with Crippen LogP contribution in [-0.2, 0) is 0 Å². The lowest BCUT2D eigenvalue weighted by Gasteiger charge is -2.17. The molecule has 0 saturated carbocycles. The zero-order valence-electron chi connectivity index (χ0n) is 7.12. The minimum absolute atomic E-state index is 0.233. The predicted octanol–water partition coefficient (Wildman–Crippen LogP) is 2.38. The molecule has 0 radical (unpaired) electrons. The summed E-state index contributed by atoms with van der Waals surface area (Å²) in [6, 6.07) is 3.97. The molecule has 5 heteroatoms. The smallest absolute Gasteiger partial charge is 0.123 e. The van der Waals surface area contributed by atoms with Crippen LogP contribution in [0.5, 0.6) is 0 Å². The van der Waals surface area contributed by atoms with Crippen LogP contribution in [0.15, 0.2) is 22.7 Å². The first-order chi connectivity index (χ1) is 6.56. The first-order valence-electron chi connectivity index (χ1n) is 3.93. The van der Waals surface area contributed by atoms with Crippen LogP contribution in [0.1, 0.15) is 11.7 Å². The van der Waals surface area contributed by atoms with Gasteiger partial charge < -0.3 is 10.2 Å². The van der Waals surface area contributed by atoms with E-state index in [-0.39, 0.29) is 5.33 Å². The van der Waals surface area contributed by atoms with Gasteiger partial charge in [-0.1, -0.05) is 31.9 Å². The van der Waals surface area contributed by atoms with Gasteiger partial charge in [0.15, 0.2) is 0 Å². The van der Waals surface area contributed by atoms with Gasteiger partial charge in [-0.3, -0.25) is 0 Å². The van der Waals surface area contributed by atoms with Gasteiger partial charge in [0, 0.05) is 15.4 Å². The average molecular weight is 328 g/mol. The van der Waals surface area contributed by atoms with Crippen molar-refractivity contribution in [1.29, 1.82) is 0 Å². The van der Waals surface area contributed by atoms with E-state index in [2.05, 4.69) is 31.9 Å². The second kappa shape index (κ2) is 5.21. The molecule has 0 spiro atoms. The van der Waals surface area contributed by atoms with Crippen molar-refractivity contribution in [3.05, 3.63) is 34.1 Å². The van der Waals surface area contributed by atoms with Crippen LogP contribution in [0, 0.1) is 5.82 Å². The maximum Gasteiger partial charge on any atom is 0.123 e. The fraction of sp³-hybridized carbons (Fsp3) is 0.333. The van der Waals surface area contributed by atoms with E-state index in [0.29, 0.717) is 10.0 Å². The molecule has 2 N–H and O–H groups in total. The normalized spacial score (nSPS) is 15.2. The second-order valence-corrected chi connectivity index (χ2v) is 4.33. The zero-order chi connectivity index (χ0) is 10.7. The molecule has 1 aromatic carbocycles. The highest BCUT2D eigenvalue weighted by Crippen LogP contribution is 2.27. The van der Waals surface area contributed by atoms with Crippen molar-refractivity contribution in [1.82, 2.24) is 0 Å². The van der Waals surface area contributed by atoms with Crippen LogP contribution >= 0.6 is 31.9 Å². The highest BCUT2D eigenvalue weighted by molar-refractivity contribution is 9.10. The van der Waals surface area contributed by atoms with E-state index < -0.39 is 18.0 Å². The summed E-state index contributed by atoms with van der Waals surface area (Å²) in [4.78, 5) is 0. The lowest BCUT2D eigenvalue weighted by Crippen LogP contribution is -2.19. The first-order valence-corrected chi connectivity index (χ1v) is 5.84. The predicted molar refractivity (Wildman–Crippen MR) is 58.9 cm³/mol. The molecule has 0 amide bonds. The molecule has 14 heavy (non-hydrogen) atoms. The van der Waals surface area contributed by atoms with E-state index >= 15 is 0 Å². The lowest BCUT2D eigenvalue weighted by molar-refractivity contribution is 0.0336.